The summed E-state index contributed by atoms with van der Waals surface area (Å²) >= 11 is 3.52. The fourth-order valence-corrected chi connectivity index (χ4v) is 4.06. The molecular formula is C15H18N2O2S2. The van der Waals surface area contributed by atoms with Gasteiger partial charge in [-0.05, 0) is 17.5 Å². The number of thiophene rings is 1. The lowest BCUT2D eigenvalue weighted by atomic mass is 10.1. The summed E-state index contributed by atoms with van der Waals surface area (Å²) in [5.41, 5.74) is 1.87. The Morgan fingerprint density at radius 1 is 1.38 bits per heavy atom. The van der Waals surface area contributed by atoms with Crippen molar-refractivity contribution in [1.82, 2.24) is 10.2 Å². The van der Waals surface area contributed by atoms with Crippen LogP contribution in [0.25, 0.3) is 0 Å². The van der Waals surface area contributed by atoms with Gasteiger partial charge >= 0.3 is 0 Å². The number of nitrogens with one attached hydrogen (secondary N) is 1. The molecule has 1 saturated heterocycles. The zero-order chi connectivity index (χ0) is 14.5. The molecule has 0 aromatic carbocycles. The van der Waals surface area contributed by atoms with Crippen LogP contribution >= 0.6 is 23.1 Å². The van der Waals surface area contributed by atoms with Crippen LogP contribution in [0.5, 0.6) is 0 Å². The molecule has 0 unspecified atom stereocenters. The number of rotatable bonds is 5. The Morgan fingerprint density at radius 3 is 2.90 bits per heavy atom. The number of carbonyl (C=O) groups excluding carboxylic acids is 1. The first kappa shape index (κ1) is 14.7. The minimum Gasteiger partial charge on any atom is -0.472 e. The molecule has 0 bridgehead atoms. The van der Waals surface area contributed by atoms with Gasteiger partial charge in [-0.15, -0.1) is 0 Å². The number of nitrogens with zero attached hydrogens (tertiary/aromatic N) is 1. The minimum atomic E-state index is -0.00358. The van der Waals surface area contributed by atoms with Crippen molar-refractivity contribution in [2.24, 2.45) is 0 Å². The quantitative estimate of drug-likeness (QED) is 0.919. The lowest BCUT2D eigenvalue weighted by molar-refractivity contribution is 0.0935. The van der Waals surface area contributed by atoms with Crippen LogP contribution in [-0.4, -0.2) is 41.9 Å². The third-order valence-electron chi connectivity index (χ3n) is 3.65. The fraction of sp³-hybridized carbons (Fsp3) is 0.400. The minimum absolute atomic E-state index is 0.00358. The van der Waals surface area contributed by atoms with Crippen LogP contribution in [0.3, 0.4) is 0 Å². The van der Waals surface area contributed by atoms with E-state index in [0.717, 1.165) is 35.7 Å². The number of hydrogen-bond donors (Lipinski definition) is 1. The average Bonchev–Trinajstić information content (AvgIpc) is 3.22. The highest BCUT2D eigenvalue weighted by Gasteiger charge is 2.24. The molecule has 21 heavy (non-hydrogen) atoms. The van der Waals surface area contributed by atoms with Gasteiger partial charge in [0, 0.05) is 47.6 Å². The SMILES string of the molecule is O=C(NC[C@@H](c1ccoc1)N1CCSCC1)c1ccsc1. The molecule has 4 nitrogen and oxygen atoms in total. The third kappa shape index (κ3) is 3.70. The van der Waals surface area contributed by atoms with Gasteiger partial charge in [0.2, 0.25) is 0 Å². The van der Waals surface area contributed by atoms with E-state index in [4.69, 9.17) is 4.42 Å². The molecule has 1 N–H and O–H groups in total. The molecule has 3 heterocycles. The van der Waals surface area contributed by atoms with Crippen molar-refractivity contribution in [3.63, 3.8) is 0 Å². The van der Waals surface area contributed by atoms with Gasteiger partial charge in [0.05, 0.1) is 18.6 Å². The second kappa shape index (κ2) is 7.15. The Labute approximate surface area is 132 Å². The summed E-state index contributed by atoms with van der Waals surface area (Å²) in [5.74, 6) is 2.29. The van der Waals surface area contributed by atoms with Crippen molar-refractivity contribution in [2.75, 3.05) is 31.1 Å². The van der Waals surface area contributed by atoms with Crippen molar-refractivity contribution in [3.8, 4) is 0 Å². The van der Waals surface area contributed by atoms with E-state index < -0.39 is 0 Å². The first-order chi connectivity index (χ1) is 10.3. The van der Waals surface area contributed by atoms with E-state index in [1.807, 2.05) is 34.7 Å². The normalized spacial score (nSPS) is 17.5. The molecule has 1 aliphatic rings. The largest absolute Gasteiger partial charge is 0.472 e. The maximum absolute atomic E-state index is 12.1. The maximum atomic E-state index is 12.1. The standard InChI is InChI=1S/C15H18N2O2S2/c18-15(13-2-6-21-11-13)16-9-14(12-1-5-19-10-12)17-3-7-20-8-4-17/h1-2,5-6,10-11,14H,3-4,7-9H2,(H,16,18)/t14-/m0/s1. The van der Waals surface area contributed by atoms with Gasteiger partial charge in [0.1, 0.15) is 0 Å². The predicted octanol–water partition coefficient (Wildman–Crippen LogP) is 2.86. The summed E-state index contributed by atoms with van der Waals surface area (Å²) in [5, 5.41) is 6.84. The smallest absolute Gasteiger partial charge is 0.252 e. The lowest BCUT2D eigenvalue weighted by Gasteiger charge is -2.33. The molecule has 6 heteroatoms. The number of furan rings is 1. The summed E-state index contributed by atoms with van der Waals surface area (Å²) in [6.07, 6.45) is 3.48. The van der Waals surface area contributed by atoms with Crippen molar-refractivity contribution in [3.05, 3.63) is 46.5 Å². The van der Waals surface area contributed by atoms with Crippen molar-refractivity contribution < 1.29 is 9.21 Å². The number of hydrogen-bond acceptors (Lipinski definition) is 5. The zero-order valence-corrected chi connectivity index (χ0v) is 13.3. The predicted molar refractivity (Wildman–Crippen MR) is 87.0 cm³/mol. The molecule has 3 rings (SSSR count). The van der Waals surface area contributed by atoms with E-state index in [1.165, 1.54) is 11.3 Å². The van der Waals surface area contributed by atoms with E-state index in [2.05, 4.69) is 10.2 Å². The Bertz CT molecular complexity index is 548. The van der Waals surface area contributed by atoms with Gasteiger partial charge in [-0.3, -0.25) is 9.69 Å². The van der Waals surface area contributed by atoms with Crippen LogP contribution in [0.1, 0.15) is 22.0 Å². The molecule has 0 radical (unpaired) electrons. The zero-order valence-electron chi connectivity index (χ0n) is 11.7. The van der Waals surface area contributed by atoms with Crippen LogP contribution in [0.2, 0.25) is 0 Å². The van der Waals surface area contributed by atoms with E-state index in [9.17, 15) is 4.79 Å². The summed E-state index contributed by atoms with van der Waals surface area (Å²) in [6.45, 7) is 2.71. The van der Waals surface area contributed by atoms with Gasteiger partial charge in [0.25, 0.3) is 5.91 Å². The molecule has 1 aliphatic heterocycles. The third-order valence-corrected chi connectivity index (χ3v) is 5.28. The van der Waals surface area contributed by atoms with Gasteiger partial charge in [-0.1, -0.05) is 0 Å². The lowest BCUT2D eigenvalue weighted by Crippen LogP contribution is -2.41. The number of amides is 1. The monoisotopic (exact) mass is 322 g/mol. The second-order valence-electron chi connectivity index (χ2n) is 4.94. The van der Waals surface area contributed by atoms with Gasteiger partial charge in [-0.25, -0.2) is 0 Å². The summed E-state index contributed by atoms with van der Waals surface area (Å²) < 4.78 is 5.22. The highest BCUT2D eigenvalue weighted by Crippen LogP contribution is 2.24. The van der Waals surface area contributed by atoms with Crippen molar-refractivity contribution in [2.45, 2.75) is 6.04 Å². The number of carbonyl (C=O) groups is 1. The molecular weight excluding hydrogens is 304 g/mol. The second-order valence-corrected chi connectivity index (χ2v) is 6.95. The molecule has 1 atom stereocenters. The van der Waals surface area contributed by atoms with E-state index >= 15 is 0 Å². The van der Waals surface area contributed by atoms with Crippen LogP contribution in [0.4, 0.5) is 0 Å². The van der Waals surface area contributed by atoms with Crippen LogP contribution in [-0.2, 0) is 0 Å². The first-order valence-electron chi connectivity index (χ1n) is 6.99. The highest BCUT2D eigenvalue weighted by atomic mass is 32.2. The van der Waals surface area contributed by atoms with Crippen molar-refractivity contribution >= 4 is 29.0 Å². The molecule has 0 aliphatic carbocycles. The Hall–Kier alpha value is -1.24. The molecule has 0 spiro atoms. The number of thioether (sulfide) groups is 1. The summed E-state index contributed by atoms with van der Waals surface area (Å²) in [7, 11) is 0. The average molecular weight is 322 g/mol. The maximum Gasteiger partial charge on any atom is 0.252 e. The van der Waals surface area contributed by atoms with Crippen molar-refractivity contribution in [1.29, 1.82) is 0 Å². The van der Waals surface area contributed by atoms with Crippen LogP contribution in [0, 0.1) is 0 Å². The fourth-order valence-electron chi connectivity index (χ4n) is 2.50. The Morgan fingerprint density at radius 2 is 2.24 bits per heavy atom. The Balaban J connectivity index is 1.66. The van der Waals surface area contributed by atoms with Gasteiger partial charge in [0.15, 0.2) is 0 Å². The van der Waals surface area contributed by atoms with E-state index in [0.29, 0.717) is 6.54 Å². The first-order valence-corrected chi connectivity index (χ1v) is 9.08. The van der Waals surface area contributed by atoms with Gasteiger partial charge < -0.3 is 9.73 Å². The van der Waals surface area contributed by atoms with E-state index in [-0.39, 0.29) is 11.9 Å². The highest BCUT2D eigenvalue weighted by molar-refractivity contribution is 7.99. The molecule has 1 amide bonds. The molecule has 2 aromatic heterocycles. The summed E-state index contributed by atoms with van der Waals surface area (Å²) in [6, 6.07) is 4.03. The molecule has 1 fully saturated rings. The summed E-state index contributed by atoms with van der Waals surface area (Å²) in [4.78, 5) is 14.5. The van der Waals surface area contributed by atoms with Crippen LogP contribution < -0.4 is 5.32 Å². The van der Waals surface area contributed by atoms with E-state index in [1.54, 1.807) is 12.5 Å². The van der Waals surface area contributed by atoms with Gasteiger partial charge in [-0.2, -0.15) is 23.1 Å². The molecule has 2 aromatic rings. The molecule has 0 saturated carbocycles. The molecule has 112 valence electrons. The topological polar surface area (TPSA) is 45.5 Å². The van der Waals surface area contributed by atoms with Crippen LogP contribution in [0.15, 0.2) is 39.8 Å². The Kier molecular flexibility index (Phi) is 5.00.